The maximum Gasteiger partial charge on any atom is 0.404 e. The molecule has 4 N–H and O–H groups in total. The molecule has 3 rings (SSSR count). The van der Waals surface area contributed by atoms with Crippen molar-refractivity contribution in [2.75, 3.05) is 31.9 Å². The van der Waals surface area contributed by atoms with Gasteiger partial charge in [-0.25, -0.2) is 22.3 Å². The maximum atomic E-state index is 12.9. The van der Waals surface area contributed by atoms with Gasteiger partial charge in [0.25, 0.3) is 0 Å². The van der Waals surface area contributed by atoms with Gasteiger partial charge >= 0.3 is 18.1 Å². The smallest absolute Gasteiger partial charge is 0.404 e. The Labute approximate surface area is 229 Å². The Hall–Kier alpha value is -2.50. The number of carboxylic acids is 2. The summed E-state index contributed by atoms with van der Waals surface area (Å²) in [5, 5.41) is 32.5. The van der Waals surface area contributed by atoms with Gasteiger partial charge in [-0.15, -0.1) is 0 Å². The third-order valence-corrected chi connectivity index (χ3v) is 8.87. The summed E-state index contributed by atoms with van der Waals surface area (Å²) in [7, 11) is -4.84. The van der Waals surface area contributed by atoms with E-state index in [1.54, 1.807) is 4.90 Å². The second-order valence-corrected chi connectivity index (χ2v) is 11.9. The van der Waals surface area contributed by atoms with Crippen molar-refractivity contribution in [3.8, 4) is 0 Å². The average Bonchev–Trinajstić information content (AvgIpc) is 3.39. The lowest BCUT2D eigenvalue weighted by Gasteiger charge is -2.30. The minimum Gasteiger partial charge on any atom is -0.479 e. The van der Waals surface area contributed by atoms with Crippen LogP contribution < -0.4 is 0 Å². The zero-order chi connectivity index (χ0) is 30.4. The van der Waals surface area contributed by atoms with Gasteiger partial charge in [-0.2, -0.15) is 13.2 Å². The SMILES string of the molecule is CCC[C@H]1C(=O)N(S(=O)(=O)CC(F)(F)F)[C@H]2CCN(C(=O)CCN3CCCCC3)[C@H]12.O=C(O)C(O)C(O)C(=O)O. The minimum atomic E-state index is -4.93. The number of alkyl halides is 3. The number of aliphatic hydroxyl groups excluding tert-OH is 2. The molecular weight excluding hydrogens is 567 g/mol. The Balaban J connectivity index is 0.000000478. The number of aliphatic hydroxyl groups is 2. The predicted molar refractivity (Wildman–Crippen MR) is 131 cm³/mol. The molecule has 3 aliphatic heterocycles. The van der Waals surface area contributed by atoms with Crippen molar-refractivity contribution in [3.63, 3.8) is 0 Å². The molecule has 5 atom stereocenters. The van der Waals surface area contributed by atoms with E-state index in [0.717, 1.165) is 25.9 Å². The number of nitrogens with zero attached hydrogens (tertiary/aromatic N) is 3. The summed E-state index contributed by atoms with van der Waals surface area (Å²) in [5.41, 5.74) is 0. The molecule has 2 amide bonds. The van der Waals surface area contributed by atoms with Gasteiger partial charge in [0.05, 0.1) is 18.0 Å². The van der Waals surface area contributed by atoms with Gasteiger partial charge in [0.2, 0.25) is 21.8 Å². The van der Waals surface area contributed by atoms with Gasteiger partial charge in [0, 0.05) is 19.5 Å². The van der Waals surface area contributed by atoms with Crippen LogP contribution in [0.15, 0.2) is 0 Å². The molecule has 3 saturated heterocycles. The molecule has 3 heterocycles. The van der Waals surface area contributed by atoms with E-state index >= 15 is 0 Å². The van der Waals surface area contributed by atoms with Crippen LogP contribution in [0.25, 0.3) is 0 Å². The number of carbonyl (C=O) groups is 4. The fraction of sp³-hybridized carbons (Fsp3) is 0.826. The van der Waals surface area contributed by atoms with Crippen LogP contribution >= 0.6 is 0 Å². The van der Waals surface area contributed by atoms with Crippen LogP contribution in [-0.2, 0) is 29.2 Å². The second kappa shape index (κ2) is 13.9. The van der Waals surface area contributed by atoms with E-state index in [1.807, 2.05) is 6.92 Å². The van der Waals surface area contributed by atoms with E-state index in [4.69, 9.17) is 20.4 Å². The number of sulfonamides is 1. The van der Waals surface area contributed by atoms with Gasteiger partial charge in [-0.05, 0) is 38.8 Å². The molecular formula is C23H36F3N3O10S. The van der Waals surface area contributed by atoms with E-state index < -0.39 is 70.0 Å². The highest BCUT2D eigenvalue weighted by molar-refractivity contribution is 7.89. The number of carboxylic acid groups (broad SMARTS) is 2. The highest BCUT2D eigenvalue weighted by atomic mass is 32.2. The molecule has 40 heavy (non-hydrogen) atoms. The topological polar surface area (TPSA) is 193 Å². The van der Waals surface area contributed by atoms with Crippen LogP contribution in [-0.4, -0.2) is 129 Å². The van der Waals surface area contributed by atoms with Crippen LogP contribution in [0.1, 0.15) is 51.9 Å². The highest BCUT2D eigenvalue weighted by Crippen LogP contribution is 2.41. The summed E-state index contributed by atoms with van der Waals surface area (Å²) in [6, 6.07) is -1.57. The molecule has 0 spiro atoms. The molecule has 0 aromatic heterocycles. The molecule has 0 aromatic rings. The first-order valence-corrected chi connectivity index (χ1v) is 14.6. The summed E-state index contributed by atoms with van der Waals surface area (Å²) in [4.78, 5) is 49.1. The lowest BCUT2D eigenvalue weighted by atomic mass is 9.94. The fourth-order valence-electron chi connectivity index (χ4n) is 5.38. The van der Waals surface area contributed by atoms with Gasteiger partial charge in [0.1, 0.15) is 0 Å². The lowest BCUT2D eigenvalue weighted by Crippen LogP contribution is -2.45. The van der Waals surface area contributed by atoms with Gasteiger partial charge in [-0.1, -0.05) is 19.8 Å². The molecule has 0 radical (unpaired) electrons. The quantitative estimate of drug-likeness (QED) is 0.260. The number of aliphatic carboxylic acids is 2. The van der Waals surface area contributed by atoms with Crippen LogP contribution in [0.4, 0.5) is 13.2 Å². The van der Waals surface area contributed by atoms with Crippen molar-refractivity contribution in [1.29, 1.82) is 0 Å². The van der Waals surface area contributed by atoms with Gasteiger partial charge in [-0.3, -0.25) is 9.59 Å². The first kappa shape index (κ1) is 33.7. The Morgan fingerprint density at radius 1 is 1.00 bits per heavy atom. The minimum absolute atomic E-state index is 0.156. The maximum absolute atomic E-state index is 12.9. The fourth-order valence-corrected chi connectivity index (χ4v) is 6.98. The summed E-state index contributed by atoms with van der Waals surface area (Å²) in [6.07, 6.45) is -4.71. The van der Waals surface area contributed by atoms with Crippen molar-refractivity contribution in [3.05, 3.63) is 0 Å². The van der Waals surface area contributed by atoms with Crippen LogP contribution in [0.2, 0.25) is 0 Å². The Bertz CT molecular complexity index is 1020. The van der Waals surface area contributed by atoms with Crippen molar-refractivity contribution in [2.45, 2.75) is 82.3 Å². The van der Waals surface area contributed by atoms with E-state index in [1.165, 1.54) is 6.42 Å². The normalized spacial score (nSPS) is 25.1. The Morgan fingerprint density at radius 3 is 2.02 bits per heavy atom. The Morgan fingerprint density at radius 2 is 1.55 bits per heavy atom. The Kier molecular flexibility index (Phi) is 11.7. The number of likely N-dealkylation sites (tertiary alicyclic amines) is 2. The monoisotopic (exact) mass is 603 g/mol. The molecule has 0 aromatic carbocycles. The van der Waals surface area contributed by atoms with E-state index in [2.05, 4.69) is 4.90 Å². The van der Waals surface area contributed by atoms with E-state index in [-0.39, 0.29) is 25.3 Å². The van der Waals surface area contributed by atoms with Crippen molar-refractivity contribution >= 4 is 33.8 Å². The number of fused-ring (bicyclic) bond motifs is 1. The third-order valence-electron chi connectivity index (χ3n) is 7.13. The number of hydrogen-bond acceptors (Lipinski definition) is 9. The molecule has 230 valence electrons. The number of amides is 2. The first-order chi connectivity index (χ1) is 18.5. The molecule has 3 fully saturated rings. The second-order valence-electron chi connectivity index (χ2n) is 10.1. The lowest BCUT2D eigenvalue weighted by molar-refractivity contribution is -0.165. The van der Waals surface area contributed by atoms with Crippen molar-refractivity contribution in [2.24, 2.45) is 5.92 Å². The third kappa shape index (κ3) is 8.50. The number of piperidine rings is 1. The summed E-state index contributed by atoms with van der Waals surface area (Å²) in [5.74, 6) is -7.33. The van der Waals surface area contributed by atoms with E-state index in [0.29, 0.717) is 23.7 Å². The predicted octanol–water partition coefficient (Wildman–Crippen LogP) is -0.140. The average molecular weight is 604 g/mol. The molecule has 3 aliphatic rings. The molecule has 0 aliphatic carbocycles. The molecule has 13 nitrogen and oxygen atoms in total. The number of carbonyl (C=O) groups excluding carboxylic acids is 2. The van der Waals surface area contributed by atoms with Crippen molar-refractivity contribution < 1.29 is 61.2 Å². The number of halogens is 3. The summed E-state index contributed by atoms with van der Waals surface area (Å²) in [6.45, 7) is 4.58. The van der Waals surface area contributed by atoms with Crippen LogP contribution in [0.3, 0.4) is 0 Å². The standard InChI is InChI=1S/C19H30F3N3O4S.C4H6O6/c1-2-6-14-17-15(25(18(14)27)30(28,29)13-19(20,21)22)7-12-24(17)16(26)8-11-23-9-4-3-5-10-23;5-1(3(7)8)2(6)4(9)10/h14-15,17H,2-13H2,1H3;1-2,5-6H,(H,7,8)(H,9,10)/t14-,15+,17-;/m1./s1. The van der Waals surface area contributed by atoms with Crippen LogP contribution in [0, 0.1) is 5.92 Å². The molecule has 0 saturated carbocycles. The zero-order valence-electron chi connectivity index (χ0n) is 22.0. The number of rotatable bonds is 10. The number of hydrogen-bond donors (Lipinski definition) is 4. The summed E-state index contributed by atoms with van der Waals surface area (Å²) < 4.78 is 63.8. The van der Waals surface area contributed by atoms with Gasteiger partial charge < -0.3 is 30.2 Å². The summed E-state index contributed by atoms with van der Waals surface area (Å²) >= 11 is 0. The van der Waals surface area contributed by atoms with Crippen molar-refractivity contribution in [1.82, 2.24) is 14.1 Å². The molecule has 0 bridgehead atoms. The van der Waals surface area contributed by atoms with Gasteiger partial charge in [0.15, 0.2) is 18.0 Å². The largest absolute Gasteiger partial charge is 0.479 e. The first-order valence-electron chi connectivity index (χ1n) is 13.0. The van der Waals surface area contributed by atoms with Crippen LogP contribution in [0.5, 0.6) is 0 Å². The zero-order valence-corrected chi connectivity index (χ0v) is 22.8. The molecule has 17 heteroatoms. The highest BCUT2D eigenvalue weighted by Gasteiger charge is 2.59. The molecule has 2 unspecified atom stereocenters. The van der Waals surface area contributed by atoms with E-state index in [9.17, 15) is 40.8 Å².